The Morgan fingerprint density at radius 2 is 2.00 bits per heavy atom. The second-order valence-corrected chi connectivity index (χ2v) is 2.68. The first-order valence-corrected chi connectivity index (χ1v) is 3.98. The minimum atomic E-state index is -0.0307. The first kappa shape index (κ1) is 9.28. The molecule has 0 aliphatic carbocycles. The van der Waals surface area contributed by atoms with Crippen molar-refractivity contribution in [1.29, 1.82) is 0 Å². The van der Waals surface area contributed by atoms with Crippen LogP contribution in [0.1, 0.15) is 12.5 Å². The second kappa shape index (κ2) is 4.27. The predicted octanol–water partition coefficient (Wildman–Crippen LogP) is 2.29. The number of rotatable bonds is 2. The van der Waals surface area contributed by atoms with Gasteiger partial charge in [-0.25, -0.2) is 0 Å². The molecular formula is C12H10O. The molecule has 0 aromatic heterocycles. The SMILES string of the molecule is C#C/C(=C\C(C)=O)c1ccccc1. The molecule has 0 radical (unpaired) electrons. The number of benzene rings is 1. The van der Waals surface area contributed by atoms with Gasteiger partial charge in [-0.15, -0.1) is 6.42 Å². The van der Waals surface area contributed by atoms with E-state index in [2.05, 4.69) is 5.92 Å². The van der Waals surface area contributed by atoms with Gasteiger partial charge in [0.2, 0.25) is 0 Å². The third-order valence-corrected chi connectivity index (χ3v) is 1.59. The van der Waals surface area contributed by atoms with Crippen LogP contribution in [0.5, 0.6) is 0 Å². The maximum absolute atomic E-state index is 10.8. The molecule has 0 amide bonds. The van der Waals surface area contributed by atoms with Crippen LogP contribution in [0.2, 0.25) is 0 Å². The monoisotopic (exact) mass is 170 g/mol. The van der Waals surface area contributed by atoms with E-state index in [0.717, 1.165) is 5.56 Å². The molecular weight excluding hydrogens is 160 g/mol. The van der Waals surface area contributed by atoms with E-state index in [4.69, 9.17) is 6.42 Å². The molecule has 1 nitrogen and oxygen atoms in total. The van der Waals surface area contributed by atoms with E-state index in [1.54, 1.807) is 0 Å². The number of carbonyl (C=O) groups excluding carboxylic acids is 1. The van der Waals surface area contributed by atoms with E-state index in [0.29, 0.717) is 5.57 Å². The van der Waals surface area contributed by atoms with Crippen LogP contribution < -0.4 is 0 Å². The van der Waals surface area contributed by atoms with E-state index in [1.807, 2.05) is 30.3 Å². The van der Waals surface area contributed by atoms with Crippen LogP contribution in [0.4, 0.5) is 0 Å². The summed E-state index contributed by atoms with van der Waals surface area (Å²) in [6, 6.07) is 9.45. The molecule has 0 heterocycles. The molecule has 0 atom stereocenters. The first-order chi connectivity index (χ1) is 6.24. The van der Waals surface area contributed by atoms with Gasteiger partial charge in [0.15, 0.2) is 5.78 Å². The van der Waals surface area contributed by atoms with Crippen molar-refractivity contribution >= 4 is 11.4 Å². The molecule has 1 heteroatoms. The quantitative estimate of drug-likeness (QED) is 0.491. The zero-order chi connectivity index (χ0) is 9.68. The fraction of sp³-hybridized carbons (Fsp3) is 0.0833. The molecule has 0 aliphatic rings. The Labute approximate surface area is 78.1 Å². The summed E-state index contributed by atoms with van der Waals surface area (Å²) >= 11 is 0. The fourth-order valence-corrected chi connectivity index (χ4v) is 1.03. The highest BCUT2D eigenvalue weighted by atomic mass is 16.1. The first-order valence-electron chi connectivity index (χ1n) is 3.98. The van der Waals surface area contributed by atoms with Crippen LogP contribution >= 0.6 is 0 Å². The molecule has 1 aromatic rings. The van der Waals surface area contributed by atoms with Crippen LogP contribution in [0.3, 0.4) is 0 Å². The van der Waals surface area contributed by atoms with Gasteiger partial charge in [-0.2, -0.15) is 0 Å². The van der Waals surface area contributed by atoms with Crippen LogP contribution in [0, 0.1) is 12.3 Å². The third kappa shape index (κ3) is 2.61. The fourth-order valence-electron chi connectivity index (χ4n) is 1.03. The minimum absolute atomic E-state index is 0.0307. The Bertz CT molecular complexity index is 366. The summed E-state index contributed by atoms with van der Waals surface area (Å²) in [7, 11) is 0. The standard InChI is InChI=1S/C12H10O/c1-3-11(9-10(2)13)12-7-5-4-6-8-12/h1,4-9H,2H3/b11-9+. The molecule has 0 N–H and O–H groups in total. The van der Waals surface area contributed by atoms with E-state index in [-0.39, 0.29) is 5.78 Å². The summed E-state index contributed by atoms with van der Waals surface area (Å²) in [6.45, 7) is 1.49. The highest BCUT2D eigenvalue weighted by molar-refractivity contribution is 5.98. The van der Waals surface area contributed by atoms with Crippen molar-refractivity contribution in [2.75, 3.05) is 0 Å². The van der Waals surface area contributed by atoms with Gasteiger partial charge < -0.3 is 0 Å². The van der Waals surface area contributed by atoms with Crippen molar-refractivity contribution < 1.29 is 4.79 Å². The average molecular weight is 170 g/mol. The van der Waals surface area contributed by atoms with Crippen molar-refractivity contribution in [3.63, 3.8) is 0 Å². The number of carbonyl (C=O) groups is 1. The normalized spacial score (nSPS) is 10.6. The molecule has 0 unspecified atom stereocenters. The van der Waals surface area contributed by atoms with Crippen molar-refractivity contribution in [1.82, 2.24) is 0 Å². The van der Waals surface area contributed by atoms with E-state index in [1.165, 1.54) is 13.0 Å². The molecule has 0 aliphatic heterocycles. The van der Waals surface area contributed by atoms with Gasteiger partial charge in [-0.05, 0) is 18.6 Å². The Balaban J connectivity index is 3.07. The maximum Gasteiger partial charge on any atom is 0.153 e. The number of hydrogen-bond donors (Lipinski definition) is 0. The number of allylic oxidation sites excluding steroid dienone is 2. The zero-order valence-corrected chi connectivity index (χ0v) is 7.45. The Kier molecular flexibility index (Phi) is 3.05. The average Bonchev–Trinajstić information content (AvgIpc) is 2.15. The maximum atomic E-state index is 10.8. The van der Waals surface area contributed by atoms with Gasteiger partial charge in [0.05, 0.1) is 0 Å². The topological polar surface area (TPSA) is 17.1 Å². The van der Waals surface area contributed by atoms with Crippen LogP contribution in [-0.2, 0) is 4.79 Å². The molecule has 0 saturated carbocycles. The van der Waals surface area contributed by atoms with Crippen molar-refractivity contribution in [3.05, 3.63) is 42.0 Å². The highest BCUT2D eigenvalue weighted by Gasteiger charge is 1.97. The Morgan fingerprint density at radius 3 is 2.46 bits per heavy atom. The summed E-state index contributed by atoms with van der Waals surface area (Å²) in [6.07, 6.45) is 6.75. The lowest BCUT2D eigenvalue weighted by Gasteiger charge is -1.97. The Hall–Kier alpha value is -1.81. The summed E-state index contributed by atoms with van der Waals surface area (Å²) in [5.41, 5.74) is 1.54. The predicted molar refractivity (Wildman–Crippen MR) is 53.9 cm³/mol. The Morgan fingerprint density at radius 1 is 1.38 bits per heavy atom. The van der Waals surface area contributed by atoms with Gasteiger partial charge >= 0.3 is 0 Å². The zero-order valence-electron chi connectivity index (χ0n) is 7.45. The second-order valence-electron chi connectivity index (χ2n) is 2.68. The lowest BCUT2D eigenvalue weighted by molar-refractivity contribution is -0.112. The molecule has 0 saturated heterocycles. The van der Waals surface area contributed by atoms with Crippen molar-refractivity contribution in [2.24, 2.45) is 0 Å². The van der Waals surface area contributed by atoms with E-state index >= 15 is 0 Å². The number of ketones is 1. The van der Waals surface area contributed by atoms with Crippen LogP contribution in [0.25, 0.3) is 5.57 Å². The van der Waals surface area contributed by atoms with Gasteiger partial charge in [-0.1, -0.05) is 36.3 Å². The highest BCUT2D eigenvalue weighted by Crippen LogP contribution is 2.12. The molecule has 1 aromatic carbocycles. The smallest absolute Gasteiger partial charge is 0.153 e. The molecule has 64 valence electrons. The summed E-state index contributed by atoms with van der Waals surface area (Å²) in [5.74, 6) is 2.46. The van der Waals surface area contributed by atoms with E-state index in [9.17, 15) is 4.79 Å². The lowest BCUT2D eigenvalue weighted by atomic mass is 10.1. The van der Waals surface area contributed by atoms with Crippen molar-refractivity contribution in [3.8, 4) is 12.3 Å². The molecule has 0 spiro atoms. The number of terminal acetylenes is 1. The minimum Gasteiger partial charge on any atom is -0.295 e. The third-order valence-electron chi connectivity index (χ3n) is 1.59. The molecule has 1 rings (SSSR count). The van der Waals surface area contributed by atoms with Gasteiger partial charge in [0.1, 0.15) is 0 Å². The van der Waals surface area contributed by atoms with Gasteiger partial charge in [0.25, 0.3) is 0 Å². The summed E-state index contributed by atoms with van der Waals surface area (Å²) in [4.78, 5) is 10.8. The van der Waals surface area contributed by atoms with Gasteiger partial charge in [-0.3, -0.25) is 4.79 Å². The summed E-state index contributed by atoms with van der Waals surface area (Å²) in [5, 5.41) is 0. The van der Waals surface area contributed by atoms with E-state index < -0.39 is 0 Å². The van der Waals surface area contributed by atoms with Crippen LogP contribution in [-0.4, -0.2) is 5.78 Å². The van der Waals surface area contributed by atoms with Crippen LogP contribution in [0.15, 0.2) is 36.4 Å². The molecule has 0 fully saturated rings. The van der Waals surface area contributed by atoms with Gasteiger partial charge in [0, 0.05) is 5.57 Å². The molecule has 13 heavy (non-hydrogen) atoms. The largest absolute Gasteiger partial charge is 0.295 e. The number of hydrogen-bond acceptors (Lipinski definition) is 1. The van der Waals surface area contributed by atoms with Crippen molar-refractivity contribution in [2.45, 2.75) is 6.92 Å². The lowest BCUT2D eigenvalue weighted by Crippen LogP contribution is -1.86. The molecule has 0 bridgehead atoms. The summed E-state index contributed by atoms with van der Waals surface area (Å²) < 4.78 is 0.